The van der Waals surface area contributed by atoms with Crippen molar-refractivity contribution in [2.24, 2.45) is 0 Å². The van der Waals surface area contributed by atoms with E-state index in [0.29, 0.717) is 17.0 Å². The predicted octanol–water partition coefficient (Wildman–Crippen LogP) is 2.05. The summed E-state index contributed by atoms with van der Waals surface area (Å²) < 4.78 is 5.53. The fourth-order valence-electron chi connectivity index (χ4n) is 4.17. The van der Waals surface area contributed by atoms with Crippen LogP contribution in [0.1, 0.15) is 48.9 Å². The molecule has 2 fully saturated rings. The molecule has 0 saturated carbocycles. The van der Waals surface area contributed by atoms with Crippen molar-refractivity contribution in [3.8, 4) is 5.75 Å². The molecule has 1 aromatic carbocycles. The van der Waals surface area contributed by atoms with Crippen LogP contribution in [0.5, 0.6) is 5.75 Å². The maximum Gasteiger partial charge on any atom is 0.265 e. The van der Waals surface area contributed by atoms with Gasteiger partial charge < -0.3 is 14.5 Å². The van der Waals surface area contributed by atoms with Crippen LogP contribution in [0.2, 0.25) is 0 Å². The minimum atomic E-state index is -0.251. The largest absolute Gasteiger partial charge is 0.482 e. The van der Waals surface area contributed by atoms with Crippen LogP contribution in [0.25, 0.3) is 0 Å². The van der Waals surface area contributed by atoms with E-state index in [0.717, 1.165) is 64.7 Å². The Kier molecular flexibility index (Phi) is 5.50. The number of amides is 3. The Bertz CT molecular complexity index is 765. The van der Waals surface area contributed by atoms with Crippen LogP contribution in [0.15, 0.2) is 18.2 Å². The molecule has 3 aliphatic rings. The molecule has 4 rings (SSSR count). The van der Waals surface area contributed by atoms with Gasteiger partial charge in [0.1, 0.15) is 12.3 Å². The molecule has 150 valence electrons. The van der Waals surface area contributed by atoms with Gasteiger partial charge in [-0.3, -0.25) is 19.3 Å². The summed E-state index contributed by atoms with van der Waals surface area (Å²) >= 11 is 0. The van der Waals surface area contributed by atoms with E-state index in [1.807, 2.05) is 4.90 Å². The zero-order valence-corrected chi connectivity index (χ0v) is 16.2. The SMILES string of the molecule is O=C(CN1C(=O)COc2ccc(C(=O)N3CCCCCC3)cc21)N1CCCC1. The lowest BCUT2D eigenvalue weighted by atomic mass is 10.1. The van der Waals surface area contributed by atoms with Gasteiger partial charge in [0.25, 0.3) is 11.8 Å². The lowest BCUT2D eigenvalue weighted by molar-refractivity contribution is -0.131. The van der Waals surface area contributed by atoms with Crippen LogP contribution in [-0.4, -0.2) is 66.9 Å². The third-order valence-corrected chi connectivity index (χ3v) is 5.79. The molecule has 0 unspecified atom stereocenters. The van der Waals surface area contributed by atoms with E-state index in [1.165, 1.54) is 4.90 Å². The highest BCUT2D eigenvalue weighted by atomic mass is 16.5. The molecule has 0 bridgehead atoms. The highest BCUT2D eigenvalue weighted by Gasteiger charge is 2.31. The highest BCUT2D eigenvalue weighted by molar-refractivity contribution is 6.04. The summed E-state index contributed by atoms with van der Waals surface area (Å²) in [6, 6.07) is 5.19. The van der Waals surface area contributed by atoms with Crippen molar-refractivity contribution in [1.82, 2.24) is 9.80 Å². The first-order chi connectivity index (χ1) is 13.6. The lowest BCUT2D eigenvalue weighted by Crippen LogP contribution is -2.46. The summed E-state index contributed by atoms with van der Waals surface area (Å²) in [5.41, 5.74) is 1.06. The van der Waals surface area contributed by atoms with Crippen molar-refractivity contribution in [2.75, 3.05) is 44.2 Å². The van der Waals surface area contributed by atoms with Crippen molar-refractivity contribution < 1.29 is 19.1 Å². The highest BCUT2D eigenvalue weighted by Crippen LogP contribution is 2.33. The van der Waals surface area contributed by atoms with Gasteiger partial charge in [0, 0.05) is 31.7 Å². The quantitative estimate of drug-likeness (QED) is 0.799. The molecule has 2 saturated heterocycles. The monoisotopic (exact) mass is 385 g/mol. The summed E-state index contributed by atoms with van der Waals surface area (Å²) in [5.74, 6) is 0.220. The molecule has 0 aliphatic carbocycles. The maximum absolute atomic E-state index is 13.0. The number of benzene rings is 1. The third kappa shape index (κ3) is 3.84. The van der Waals surface area contributed by atoms with Gasteiger partial charge in [-0.25, -0.2) is 0 Å². The number of ether oxygens (including phenoxy) is 1. The Labute approximate surface area is 165 Å². The van der Waals surface area contributed by atoms with Crippen LogP contribution >= 0.6 is 0 Å². The molecule has 3 aliphatic heterocycles. The van der Waals surface area contributed by atoms with Crippen molar-refractivity contribution >= 4 is 23.4 Å². The Hall–Kier alpha value is -2.57. The number of rotatable bonds is 3. The van der Waals surface area contributed by atoms with Crippen molar-refractivity contribution in [3.63, 3.8) is 0 Å². The standard InChI is InChI=1S/C21H27N3O4/c25-19(22-9-5-6-10-22)14-24-17-13-16(7-8-18(17)28-15-20(24)26)21(27)23-11-3-1-2-4-12-23/h7-8,13H,1-6,9-12,14-15H2. The van der Waals surface area contributed by atoms with Crippen LogP contribution < -0.4 is 9.64 Å². The fourth-order valence-corrected chi connectivity index (χ4v) is 4.17. The van der Waals surface area contributed by atoms with E-state index in [-0.39, 0.29) is 30.9 Å². The van der Waals surface area contributed by atoms with E-state index in [1.54, 1.807) is 23.1 Å². The summed E-state index contributed by atoms with van der Waals surface area (Å²) in [4.78, 5) is 43.2. The number of nitrogens with zero attached hydrogens (tertiary/aromatic N) is 3. The maximum atomic E-state index is 13.0. The Morgan fingerprint density at radius 2 is 1.54 bits per heavy atom. The second-order valence-electron chi connectivity index (χ2n) is 7.75. The summed E-state index contributed by atoms with van der Waals surface area (Å²) in [6.45, 7) is 2.94. The van der Waals surface area contributed by atoms with Gasteiger partial charge in [0.05, 0.1) is 5.69 Å². The van der Waals surface area contributed by atoms with E-state index in [4.69, 9.17) is 4.74 Å². The zero-order valence-electron chi connectivity index (χ0n) is 16.2. The molecule has 1 aromatic rings. The second kappa shape index (κ2) is 8.20. The number of carbonyl (C=O) groups is 3. The molecule has 0 radical (unpaired) electrons. The van der Waals surface area contributed by atoms with Crippen LogP contribution in [-0.2, 0) is 9.59 Å². The number of hydrogen-bond donors (Lipinski definition) is 0. The van der Waals surface area contributed by atoms with E-state index < -0.39 is 0 Å². The molecule has 28 heavy (non-hydrogen) atoms. The minimum absolute atomic E-state index is 0.00342. The molecule has 7 nitrogen and oxygen atoms in total. The van der Waals surface area contributed by atoms with Crippen molar-refractivity contribution in [2.45, 2.75) is 38.5 Å². The van der Waals surface area contributed by atoms with Crippen LogP contribution in [0.3, 0.4) is 0 Å². The van der Waals surface area contributed by atoms with Crippen LogP contribution in [0, 0.1) is 0 Å². The normalized spacial score (nSPS) is 19.9. The average molecular weight is 385 g/mol. The number of carbonyl (C=O) groups excluding carboxylic acids is 3. The first kappa shape index (κ1) is 18.8. The Balaban J connectivity index is 1.56. The smallest absolute Gasteiger partial charge is 0.265 e. The summed E-state index contributed by atoms with van der Waals surface area (Å²) in [7, 11) is 0. The van der Waals surface area contributed by atoms with Crippen molar-refractivity contribution in [3.05, 3.63) is 23.8 Å². The van der Waals surface area contributed by atoms with Gasteiger partial charge in [0.2, 0.25) is 5.91 Å². The Morgan fingerprint density at radius 3 is 2.25 bits per heavy atom. The van der Waals surface area contributed by atoms with E-state index in [2.05, 4.69) is 0 Å². The molecular weight excluding hydrogens is 358 g/mol. The number of fused-ring (bicyclic) bond motifs is 1. The predicted molar refractivity (Wildman–Crippen MR) is 104 cm³/mol. The summed E-state index contributed by atoms with van der Waals surface area (Å²) in [6.07, 6.45) is 6.37. The summed E-state index contributed by atoms with van der Waals surface area (Å²) in [5, 5.41) is 0. The van der Waals surface area contributed by atoms with Gasteiger partial charge >= 0.3 is 0 Å². The zero-order chi connectivity index (χ0) is 19.5. The van der Waals surface area contributed by atoms with Crippen LogP contribution in [0.4, 0.5) is 5.69 Å². The van der Waals surface area contributed by atoms with Gasteiger partial charge in [-0.15, -0.1) is 0 Å². The first-order valence-electron chi connectivity index (χ1n) is 10.3. The van der Waals surface area contributed by atoms with Gasteiger partial charge in [-0.05, 0) is 43.9 Å². The number of anilines is 1. The third-order valence-electron chi connectivity index (χ3n) is 5.79. The van der Waals surface area contributed by atoms with Crippen molar-refractivity contribution in [1.29, 1.82) is 0 Å². The molecule has 7 heteroatoms. The lowest BCUT2D eigenvalue weighted by Gasteiger charge is -2.31. The molecule has 3 amide bonds. The average Bonchev–Trinajstić information content (AvgIpc) is 3.12. The van der Waals surface area contributed by atoms with Gasteiger partial charge in [-0.2, -0.15) is 0 Å². The van der Waals surface area contributed by atoms with E-state index in [9.17, 15) is 14.4 Å². The van der Waals surface area contributed by atoms with Gasteiger partial charge in [0.15, 0.2) is 6.61 Å². The molecule has 0 spiro atoms. The first-order valence-corrected chi connectivity index (χ1v) is 10.3. The topological polar surface area (TPSA) is 70.2 Å². The fraction of sp³-hybridized carbons (Fsp3) is 0.571. The van der Waals surface area contributed by atoms with E-state index >= 15 is 0 Å². The molecule has 0 atom stereocenters. The molecule has 0 N–H and O–H groups in total. The molecule has 0 aromatic heterocycles. The number of hydrogen-bond acceptors (Lipinski definition) is 4. The minimum Gasteiger partial charge on any atom is -0.482 e. The van der Waals surface area contributed by atoms with Gasteiger partial charge in [-0.1, -0.05) is 12.8 Å². The number of likely N-dealkylation sites (tertiary alicyclic amines) is 2. The Morgan fingerprint density at radius 1 is 0.893 bits per heavy atom. The molecular formula is C21H27N3O4. The second-order valence-corrected chi connectivity index (χ2v) is 7.75. The molecule has 3 heterocycles.